The third-order valence-corrected chi connectivity index (χ3v) is 4.87. The summed E-state index contributed by atoms with van der Waals surface area (Å²) in [5.74, 6) is 0.668. The van der Waals surface area contributed by atoms with Crippen LogP contribution in [0, 0.1) is 0 Å². The molecule has 1 amide bonds. The van der Waals surface area contributed by atoms with Crippen molar-refractivity contribution in [2.24, 2.45) is 0 Å². The average Bonchev–Trinajstić information content (AvgIpc) is 2.91. The molecule has 3 rings (SSSR count). The predicted molar refractivity (Wildman–Crippen MR) is 108 cm³/mol. The van der Waals surface area contributed by atoms with Gasteiger partial charge in [0.1, 0.15) is 5.82 Å². The molecule has 0 unspecified atom stereocenters. The molecule has 0 saturated heterocycles. The molecule has 2 aromatic rings. The van der Waals surface area contributed by atoms with Crippen molar-refractivity contribution in [1.82, 2.24) is 4.98 Å². The summed E-state index contributed by atoms with van der Waals surface area (Å²) in [6, 6.07) is 11.9. The van der Waals surface area contributed by atoms with E-state index < -0.39 is 0 Å². The summed E-state index contributed by atoms with van der Waals surface area (Å²) in [7, 11) is 3.99. The maximum absolute atomic E-state index is 12.6. The number of carbonyl (C=O) groups excluding carboxylic acids is 1. The van der Waals surface area contributed by atoms with E-state index in [0.29, 0.717) is 11.6 Å². The van der Waals surface area contributed by atoms with Crippen LogP contribution in [0.15, 0.2) is 42.6 Å². The standard InChI is InChI=1S/C21H28N4O/c1-25(2)19-11-9-18(10-12-19)24-21(26)16-13-14-22-20(15-16)23-17-7-5-3-4-6-8-17/h9-15,17H,3-8H2,1-2H3,(H,22,23)(H,24,26). The fourth-order valence-electron chi connectivity index (χ4n) is 3.33. The second-order valence-corrected chi connectivity index (χ2v) is 7.16. The Labute approximate surface area is 155 Å². The van der Waals surface area contributed by atoms with E-state index in [9.17, 15) is 4.79 Å². The first-order chi connectivity index (χ1) is 12.6. The zero-order valence-electron chi connectivity index (χ0n) is 15.7. The summed E-state index contributed by atoms with van der Waals surface area (Å²) in [5, 5.41) is 6.46. The van der Waals surface area contributed by atoms with Gasteiger partial charge in [0, 0.05) is 43.3 Å². The molecule has 5 heteroatoms. The van der Waals surface area contributed by atoms with Gasteiger partial charge in [-0.05, 0) is 49.2 Å². The quantitative estimate of drug-likeness (QED) is 0.776. The van der Waals surface area contributed by atoms with E-state index in [0.717, 1.165) is 17.2 Å². The van der Waals surface area contributed by atoms with Gasteiger partial charge in [-0.2, -0.15) is 0 Å². The lowest BCUT2D eigenvalue weighted by Crippen LogP contribution is -2.20. The number of nitrogens with zero attached hydrogens (tertiary/aromatic N) is 2. The second-order valence-electron chi connectivity index (χ2n) is 7.16. The minimum absolute atomic E-state index is 0.117. The highest BCUT2D eigenvalue weighted by Crippen LogP contribution is 2.21. The first kappa shape index (κ1) is 18.2. The number of carbonyl (C=O) groups is 1. The van der Waals surface area contributed by atoms with Crippen molar-refractivity contribution in [3.63, 3.8) is 0 Å². The van der Waals surface area contributed by atoms with Gasteiger partial charge in [0.25, 0.3) is 5.91 Å². The number of pyridine rings is 1. The monoisotopic (exact) mass is 352 g/mol. The third-order valence-electron chi connectivity index (χ3n) is 4.87. The van der Waals surface area contributed by atoms with Gasteiger partial charge in [0.05, 0.1) is 0 Å². The molecule has 26 heavy (non-hydrogen) atoms. The molecular weight excluding hydrogens is 324 g/mol. The highest BCUT2D eigenvalue weighted by molar-refractivity contribution is 6.04. The maximum Gasteiger partial charge on any atom is 0.255 e. The number of amides is 1. The molecule has 0 aliphatic heterocycles. The largest absolute Gasteiger partial charge is 0.378 e. The molecule has 1 aromatic heterocycles. The Morgan fingerprint density at radius 1 is 1.04 bits per heavy atom. The van der Waals surface area contributed by atoms with Gasteiger partial charge in [-0.3, -0.25) is 4.79 Å². The molecule has 0 spiro atoms. The molecule has 1 aliphatic carbocycles. The van der Waals surface area contributed by atoms with Crippen molar-refractivity contribution < 1.29 is 4.79 Å². The summed E-state index contributed by atoms with van der Waals surface area (Å²) in [6.45, 7) is 0. The van der Waals surface area contributed by atoms with Crippen molar-refractivity contribution in [3.05, 3.63) is 48.2 Å². The molecular formula is C21H28N4O. The molecule has 5 nitrogen and oxygen atoms in total. The van der Waals surface area contributed by atoms with Crippen LogP contribution in [0.25, 0.3) is 0 Å². The first-order valence-electron chi connectivity index (χ1n) is 9.43. The van der Waals surface area contributed by atoms with Gasteiger partial charge in [-0.25, -0.2) is 4.98 Å². The van der Waals surface area contributed by atoms with Crippen LogP contribution in [-0.4, -0.2) is 31.0 Å². The second kappa shape index (κ2) is 8.70. The number of hydrogen-bond acceptors (Lipinski definition) is 4. The summed E-state index contributed by atoms with van der Waals surface area (Å²) < 4.78 is 0. The SMILES string of the molecule is CN(C)c1ccc(NC(=O)c2ccnc(NC3CCCCCC3)c2)cc1. The Morgan fingerprint density at radius 2 is 1.73 bits per heavy atom. The molecule has 0 atom stereocenters. The fraction of sp³-hybridized carbons (Fsp3) is 0.429. The van der Waals surface area contributed by atoms with Gasteiger partial charge >= 0.3 is 0 Å². The minimum Gasteiger partial charge on any atom is -0.378 e. The molecule has 1 saturated carbocycles. The van der Waals surface area contributed by atoms with Crippen LogP contribution < -0.4 is 15.5 Å². The maximum atomic E-state index is 12.6. The average molecular weight is 352 g/mol. The van der Waals surface area contributed by atoms with E-state index in [-0.39, 0.29) is 5.91 Å². The molecule has 1 fully saturated rings. The topological polar surface area (TPSA) is 57.3 Å². The van der Waals surface area contributed by atoms with Crippen LogP contribution in [0.2, 0.25) is 0 Å². The van der Waals surface area contributed by atoms with E-state index in [4.69, 9.17) is 0 Å². The summed E-state index contributed by atoms with van der Waals surface area (Å²) in [4.78, 5) is 19.0. The lowest BCUT2D eigenvalue weighted by molar-refractivity contribution is 0.102. The Balaban J connectivity index is 1.63. The van der Waals surface area contributed by atoms with Crippen LogP contribution in [-0.2, 0) is 0 Å². The highest BCUT2D eigenvalue weighted by Gasteiger charge is 2.14. The molecule has 0 radical (unpaired) electrons. The first-order valence-corrected chi connectivity index (χ1v) is 9.43. The smallest absolute Gasteiger partial charge is 0.255 e. The molecule has 0 bridgehead atoms. The zero-order chi connectivity index (χ0) is 18.4. The lowest BCUT2D eigenvalue weighted by atomic mass is 10.1. The Bertz CT molecular complexity index is 719. The van der Waals surface area contributed by atoms with Gasteiger partial charge in [0.15, 0.2) is 0 Å². The van der Waals surface area contributed by atoms with Crippen molar-refractivity contribution >= 4 is 23.1 Å². The van der Waals surface area contributed by atoms with E-state index in [1.165, 1.54) is 38.5 Å². The van der Waals surface area contributed by atoms with Gasteiger partial charge < -0.3 is 15.5 Å². The van der Waals surface area contributed by atoms with Crippen molar-refractivity contribution in [1.29, 1.82) is 0 Å². The van der Waals surface area contributed by atoms with Gasteiger partial charge in [-0.1, -0.05) is 25.7 Å². The molecule has 1 aliphatic rings. The van der Waals surface area contributed by atoms with Crippen LogP contribution >= 0.6 is 0 Å². The number of nitrogens with one attached hydrogen (secondary N) is 2. The van der Waals surface area contributed by atoms with Crippen molar-refractivity contribution in [2.75, 3.05) is 29.6 Å². The predicted octanol–water partition coefficient (Wildman–Crippen LogP) is 4.53. The number of rotatable bonds is 5. The summed E-state index contributed by atoms with van der Waals surface area (Å²) in [5.41, 5.74) is 2.50. The third kappa shape index (κ3) is 4.97. The van der Waals surface area contributed by atoms with E-state index in [1.807, 2.05) is 49.3 Å². The summed E-state index contributed by atoms with van der Waals surface area (Å²) in [6.07, 6.45) is 9.22. The Hall–Kier alpha value is -2.56. The number of hydrogen-bond donors (Lipinski definition) is 2. The van der Waals surface area contributed by atoms with Crippen molar-refractivity contribution in [3.8, 4) is 0 Å². The van der Waals surface area contributed by atoms with Crippen LogP contribution in [0.3, 0.4) is 0 Å². The molecule has 2 N–H and O–H groups in total. The van der Waals surface area contributed by atoms with Crippen LogP contribution in [0.1, 0.15) is 48.9 Å². The molecule has 1 heterocycles. The van der Waals surface area contributed by atoms with E-state index in [1.54, 1.807) is 12.3 Å². The van der Waals surface area contributed by atoms with Crippen molar-refractivity contribution in [2.45, 2.75) is 44.6 Å². The fourth-order valence-corrected chi connectivity index (χ4v) is 3.33. The number of anilines is 3. The van der Waals surface area contributed by atoms with Gasteiger partial charge in [-0.15, -0.1) is 0 Å². The number of aromatic nitrogens is 1. The minimum atomic E-state index is -0.117. The normalized spacial score (nSPS) is 15.2. The van der Waals surface area contributed by atoms with Gasteiger partial charge in [0.2, 0.25) is 0 Å². The highest BCUT2D eigenvalue weighted by atomic mass is 16.1. The van der Waals surface area contributed by atoms with Crippen LogP contribution in [0.5, 0.6) is 0 Å². The van der Waals surface area contributed by atoms with E-state index >= 15 is 0 Å². The lowest BCUT2D eigenvalue weighted by Gasteiger charge is -2.17. The Kier molecular flexibility index (Phi) is 6.10. The molecule has 138 valence electrons. The van der Waals surface area contributed by atoms with Crippen LogP contribution in [0.4, 0.5) is 17.2 Å². The molecule has 1 aromatic carbocycles. The van der Waals surface area contributed by atoms with E-state index in [2.05, 4.69) is 15.6 Å². The Morgan fingerprint density at radius 3 is 2.38 bits per heavy atom. The summed E-state index contributed by atoms with van der Waals surface area (Å²) >= 11 is 0. The number of benzene rings is 1. The zero-order valence-corrected chi connectivity index (χ0v) is 15.7.